The van der Waals surface area contributed by atoms with Crippen LogP contribution in [0.5, 0.6) is 0 Å². The largest absolute Gasteiger partial charge is 0.545 e. The quantitative estimate of drug-likeness (QED) is 0.683. The van der Waals surface area contributed by atoms with Gasteiger partial charge in [0.15, 0.2) is 0 Å². The summed E-state index contributed by atoms with van der Waals surface area (Å²) < 4.78 is 0. The van der Waals surface area contributed by atoms with E-state index in [1.165, 1.54) is 5.56 Å². The van der Waals surface area contributed by atoms with E-state index in [-0.39, 0.29) is 11.6 Å². The number of carboxylic acids is 1. The molecule has 0 saturated carbocycles. The Morgan fingerprint density at radius 3 is 2.18 bits per heavy atom. The number of hydrogen-bond donors (Lipinski definition) is 0. The minimum absolute atomic E-state index is 0.0606. The third-order valence-corrected chi connectivity index (χ3v) is 4.75. The smallest absolute Gasteiger partial charge is 0.0831 e. The fourth-order valence-corrected chi connectivity index (χ4v) is 3.31. The van der Waals surface area contributed by atoms with Gasteiger partial charge in [0.05, 0.1) is 23.4 Å². The predicted molar refractivity (Wildman–Crippen MR) is 110 cm³/mol. The van der Waals surface area contributed by atoms with E-state index in [9.17, 15) is 9.90 Å². The van der Waals surface area contributed by atoms with Crippen LogP contribution in [0.1, 0.15) is 33.9 Å². The molecule has 0 N–H and O–H groups in total. The van der Waals surface area contributed by atoms with Crippen LogP contribution in [0, 0.1) is 0 Å². The highest BCUT2D eigenvalue weighted by molar-refractivity contribution is 6.01. The van der Waals surface area contributed by atoms with Crippen LogP contribution in [0.2, 0.25) is 0 Å². The summed E-state index contributed by atoms with van der Waals surface area (Å²) in [4.78, 5) is 11.0. The van der Waals surface area contributed by atoms with Crippen LogP contribution < -0.4 is 10.1 Å². The Bertz CT molecular complexity index is 1010. The Morgan fingerprint density at radius 2 is 1.54 bits per heavy atom. The molecule has 4 heteroatoms. The summed E-state index contributed by atoms with van der Waals surface area (Å²) >= 11 is 0. The zero-order valence-corrected chi connectivity index (χ0v) is 15.2. The van der Waals surface area contributed by atoms with Gasteiger partial charge in [-0.2, -0.15) is 5.10 Å². The third-order valence-electron chi connectivity index (χ3n) is 4.75. The second-order valence-corrected chi connectivity index (χ2v) is 6.64. The maximum Gasteiger partial charge on any atom is 0.0831 e. The number of rotatable bonds is 5. The van der Waals surface area contributed by atoms with Gasteiger partial charge in [-0.25, -0.2) is 0 Å². The molecule has 0 fully saturated rings. The molecule has 3 aromatic carbocycles. The summed E-state index contributed by atoms with van der Waals surface area (Å²) in [6, 6.07) is 27.0. The number of aromatic carboxylic acids is 1. The van der Waals surface area contributed by atoms with Gasteiger partial charge in [0, 0.05) is 6.42 Å². The van der Waals surface area contributed by atoms with Crippen molar-refractivity contribution in [1.29, 1.82) is 0 Å². The molecule has 138 valence electrons. The maximum absolute atomic E-state index is 11.0. The monoisotopic (exact) mass is 367 g/mol. The van der Waals surface area contributed by atoms with E-state index in [1.807, 2.05) is 47.5 Å². The van der Waals surface area contributed by atoms with Gasteiger partial charge in [0.1, 0.15) is 0 Å². The molecule has 1 atom stereocenters. The Hall–Kier alpha value is -3.66. The maximum atomic E-state index is 11.0. The number of hydrazone groups is 1. The molecule has 1 aliphatic heterocycles. The summed E-state index contributed by atoms with van der Waals surface area (Å²) in [5, 5.41) is 17.8. The van der Waals surface area contributed by atoms with Crippen LogP contribution in [0.4, 0.5) is 5.69 Å². The van der Waals surface area contributed by atoms with E-state index in [4.69, 9.17) is 5.10 Å². The predicted octanol–water partition coefficient (Wildman–Crippen LogP) is 4.07. The van der Waals surface area contributed by atoms with Crippen molar-refractivity contribution in [2.24, 2.45) is 5.10 Å². The van der Waals surface area contributed by atoms with E-state index in [0.717, 1.165) is 23.4 Å². The summed E-state index contributed by atoms with van der Waals surface area (Å²) in [6.07, 6.45) is 4.87. The Kier molecular flexibility index (Phi) is 5.02. The molecule has 1 aliphatic rings. The summed E-state index contributed by atoms with van der Waals surface area (Å²) in [5.74, 6) is -1.18. The number of hydrogen-bond acceptors (Lipinski definition) is 4. The Balaban J connectivity index is 1.65. The van der Waals surface area contributed by atoms with Gasteiger partial charge in [0.2, 0.25) is 0 Å². The highest BCUT2D eigenvalue weighted by Gasteiger charge is 2.28. The first-order valence-electron chi connectivity index (χ1n) is 9.17. The molecule has 0 spiro atoms. The average Bonchev–Trinajstić information content (AvgIpc) is 3.18. The molecule has 0 aliphatic carbocycles. The van der Waals surface area contributed by atoms with Crippen molar-refractivity contribution >= 4 is 23.4 Å². The number of anilines is 1. The van der Waals surface area contributed by atoms with E-state index < -0.39 is 5.97 Å². The third kappa shape index (κ3) is 3.86. The normalized spacial score (nSPS) is 16.4. The van der Waals surface area contributed by atoms with Crippen LogP contribution in [0.25, 0.3) is 6.08 Å². The standard InChI is InChI=1S/C24H20N2O2/c27-24(28)20-12-15-22(16-13-20)26-23(19-9-5-2-6-10-19)17-21(25-26)14-11-18-7-3-1-4-8-18/h1-16,23H,17H2,(H,27,28)/p-1/b14-11+/t23-/m1/s1. The fourth-order valence-electron chi connectivity index (χ4n) is 3.31. The van der Waals surface area contributed by atoms with Crippen LogP contribution >= 0.6 is 0 Å². The lowest BCUT2D eigenvalue weighted by Crippen LogP contribution is -2.22. The second-order valence-electron chi connectivity index (χ2n) is 6.64. The van der Waals surface area contributed by atoms with Gasteiger partial charge in [-0.05, 0) is 34.9 Å². The highest BCUT2D eigenvalue weighted by Crippen LogP contribution is 2.35. The van der Waals surface area contributed by atoms with Crippen molar-refractivity contribution in [3.05, 3.63) is 108 Å². The zero-order valence-electron chi connectivity index (χ0n) is 15.2. The Labute approximate surface area is 164 Å². The van der Waals surface area contributed by atoms with Gasteiger partial charge in [-0.1, -0.05) is 78.9 Å². The number of carbonyl (C=O) groups is 1. The summed E-state index contributed by atoms with van der Waals surface area (Å²) in [7, 11) is 0. The minimum Gasteiger partial charge on any atom is -0.545 e. The SMILES string of the molecule is O=C([O-])c1ccc(N2N=C(/C=C/c3ccccc3)C[C@@H]2c2ccccc2)cc1. The molecular weight excluding hydrogens is 348 g/mol. The average molecular weight is 367 g/mol. The molecule has 1 heterocycles. The van der Waals surface area contributed by atoms with Gasteiger partial charge in [-0.15, -0.1) is 0 Å². The van der Waals surface area contributed by atoms with Crippen LogP contribution in [0.3, 0.4) is 0 Å². The molecule has 0 aromatic heterocycles. The lowest BCUT2D eigenvalue weighted by atomic mass is 10.0. The van der Waals surface area contributed by atoms with E-state index in [0.29, 0.717) is 0 Å². The first-order valence-corrected chi connectivity index (χ1v) is 9.17. The molecule has 4 nitrogen and oxygen atoms in total. The second kappa shape index (κ2) is 7.92. The van der Waals surface area contributed by atoms with Gasteiger partial charge in [-0.3, -0.25) is 5.01 Å². The zero-order chi connectivity index (χ0) is 19.3. The van der Waals surface area contributed by atoms with Crippen molar-refractivity contribution < 1.29 is 9.90 Å². The number of nitrogens with zero attached hydrogens (tertiary/aromatic N) is 2. The summed E-state index contributed by atoms with van der Waals surface area (Å²) in [6.45, 7) is 0. The fraction of sp³-hybridized carbons (Fsp3) is 0.0833. The minimum atomic E-state index is -1.18. The van der Waals surface area contributed by atoms with E-state index >= 15 is 0 Å². The van der Waals surface area contributed by atoms with Crippen molar-refractivity contribution in [3.63, 3.8) is 0 Å². The van der Waals surface area contributed by atoms with E-state index in [2.05, 4.69) is 30.3 Å². The lowest BCUT2D eigenvalue weighted by Gasteiger charge is -2.24. The highest BCUT2D eigenvalue weighted by atomic mass is 16.4. The van der Waals surface area contributed by atoms with Gasteiger partial charge >= 0.3 is 0 Å². The van der Waals surface area contributed by atoms with Crippen LogP contribution in [-0.4, -0.2) is 11.7 Å². The van der Waals surface area contributed by atoms with Crippen molar-refractivity contribution in [1.82, 2.24) is 0 Å². The number of carbonyl (C=O) groups excluding carboxylic acids is 1. The molecule has 0 amide bonds. The van der Waals surface area contributed by atoms with E-state index in [1.54, 1.807) is 24.3 Å². The molecule has 3 aromatic rings. The van der Waals surface area contributed by atoms with Crippen LogP contribution in [0.15, 0.2) is 96.1 Å². The van der Waals surface area contributed by atoms with Crippen molar-refractivity contribution in [3.8, 4) is 0 Å². The number of allylic oxidation sites excluding steroid dienone is 1. The number of benzene rings is 3. The lowest BCUT2D eigenvalue weighted by molar-refractivity contribution is -0.255. The molecule has 4 rings (SSSR count). The topological polar surface area (TPSA) is 55.7 Å². The Morgan fingerprint density at radius 1 is 0.893 bits per heavy atom. The first kappa shape index (κ1) is 17.7. The summed E-state index contributed by atoms with van der Waals surface area (Å²) in [5.41, 5.74) is 4.27. The van der Waals surface area contributed by atoms with Gasteiger partial charge in [0.25, 0.3) is 0 Å². The molecule has 0 bridgehead atoms. The van der Waals surface area contributed by atoms with Gasteiger partial charge < -0.3 is 9.90 Å². The van der Waals surface area contributed by atoms with Crippen molar-refractivity contribution in [2.75, 3.05) is 5.01 Å². The molecule has 0 saturated heterocycles. The number of carboxylic acid groups (broad SMARTS) is 1. The first-order chi connectivity index (χ1) is 13.7. The molecule has 28 heavy (non-hydrogen) atoms. The molecule has 0 radical (unpaired) electrons. The van der Waals surface area contributed by atoms with Crippen LogP contribution in [-0.2, 0) is 0 Å². The van der Waals surface area contributed by atoms with Crippen molar-refractivity contribution in [2.45, 2.75) is 12.5 Å². The molecular formula is C24H19N2O2-. The molecule has 0 unspecified atom stereocenters.